The molecule has 0 unspecified atom stereocenters. The maximum Gasteiger partial charge on any atom is 0.137 e. The van der Waals surface area contributed by atoms with E-state index >= 15 is 0 Å². The van der Waals surface area contributed by atoms with Crippen LogP contribution in [0.2, 0.25) is 0 Å². The molecule has 0 aliphatic heterocycles. The van der Waals surface area contributed by atoms with Crippen molar-refractivity contribution in [2.24, 2.45) is 0 Å². The van der Waals surface area contributed by atoms with Gasteiger partial charge in [-0.3, -0.25) is 0 Å². The number of nitrogens with zero attached hydrogens (tertiary/aromatic N) is 2. The van der Waals surface area contributed by atoms with E-state index in [9.17, 15) is 0 Å². The molecule has 3 aromatic heterocycles. The van der Waals surface area contributed by atoms with Crippen molar-refractivity contribution in [2.75, 3.05) is 0 Å². The summed E-state index contributed by atoms with van der Waals surface area (Å²) in [5.74, 6) is 0. The lowest BCUT2D eigenvalue weighted by atomic mass is 9.82. The first-order chi connectivity index (χ1) is 34.5. The highest BCUT2D eigenvalue weighted by Crippen LogP contribution is 2.53. The van der Waals surface area contributed by atoms with Crippen LogP contribution in [0.15, 0.2) is 223 Å². The number of fused-ring (bicyclic) bond motifs is 15. The molecule has 0 saturated carbocycles. The van der Waals surface area contributed by atoms with Gasteiger partial charge in [-0.05, 0) is 150 Å². The van der Waals surface area contributed by atoms with Crippen LogP contribution < -0.4 is 0 Å². The van der Waals surface area contributed by atoms with Crippen LogP contribution in [0.4, 0.5) is 0 Å². The highest BCUT2D eigenvalue weighted by atomic mass is 16.3. The van der Waals surface area contributed by atoms with Gasteiger partial charge in [-0.2, -0.15) is 0 Å². The fourth-order valence-corrected chi connectivity index (χ4v) is 12.8. The summed E-state index contributed by atoms with van der Waals surface area (Å²) >= 11 is 0. The van der Waals surface area contributed by atoms with E-state index in [0.717, 1.165) is 38.8 Å². The van der Waals surface area contributed by atoms with E-state index in [1.54, 1.807) is 0 Å². The van der Waals surface area contributed by atoms with Crippen molar-refractivity contribution >= 4 is 76.3 Å². The van der Waals surface area contributed by atoms with Gasteiger partial charge in [0.2, 0.25) is 0 Å². The van der Waals surface area contributed by atoms with E-state index in [-0.39, 0.29) is 5.41 Å². The zero-order chi connectivity index (χ0) is 46.0. The van der Waals surface area contributed by atoms with Crippen LogP contribution in [0.3, 0.4) is 0 Å². The molecule has 0 N–H and O–H groups in total. The zero-order valence-electron chi connectivity index (χ0n) is 38.6. The van der Waals surface area contributed by atoms with Crippen LogP contribution in [-0.4, -0.2) is 9.13 Å². The molecule has 3 nitrogen and oxygen atoms in total. The Bertz CT molecular complexity index is 4580. The number of hydrogen-bond donors (Lipinski definition) is 0. The normalized spacial score (nSPS) is 13.4. The van der Waals surface area contributed by atoms with Gasteiger partial charge in [-0.15, -0.1) is 0 Å². The Kier molecular flexibility index (Phi) is 7.41. The van der Waals surface area contributed by atoms with Crippen molar-refractivity contribution in [1.82, 2.24) is 9.13 Å². The van der Waals surface area contributed by atoms with Crippen molar-refractivity contribution in [3.05, 3.63) is 230 Å². The van der Waals surface area contributed by atoms with Crippen LogP contribution in [0, 0.1) is 0 Å². The number of aromatic nitrogens is 2. The standard InChI is InChI=1S/C67H42N2O/c1-67(2)58-24-10-8-20-47(58)52-35-55-53-33-40(39-26-30-60-54(34-39)56-36-57-48-21-9-11-25-64(48)70-65(57)38-63(56)68(60)42-15-4-3-5-16-42)27-31-61(53)69(62(55)37-59(52)67)43-17-12-14-41(32-43)44-28-29-51-46-19-7-6-18-45(46)50-23-13-22-49(44)66(50)51/h3-38H,1-2H3. The molecular formula is C67H42N2O. The molecule has 0 saturated heterocycles. The maximum absolute atomic E-state index is 6.46. The van der Waals surface area contributed by atoms with Gasteiger partial charge >= 0.3 is 0 Å². The Hall–Kier alpha value is -8.92. The third-order valence-corrected chi connectivity index (χ3v) is 16.0. The first kappa shape index (κ1) is 38.1. The molecule has 0 radical (unpaired) electrons. The Labute approximate surface area is 403 Å². The Morgan fingerprint density at radius 1 is 0.300 bits per heavy atom. The molecule has 3 heteroatoms. The van der Waals surface area contributed by atoms with Crippen molar-refractivity contribution in [3.63, 3.8) is 0 Å². The molecule has 2 aliphatic rings. The van der Waals surface area contributed by atoms with Crippen molar-refractivity contribution in [2.45, 2.75) is 19.3 Å². The van der Waals surface area contributed by atoms with E-state index in [0.29, 0.717) is 0 Å². The van der Waals surface area contributed by atoms with Crippen LogP contribution in [0.1, 0.15) is 25.0 Å². The predicted octanol–water partition coefficient (Wildman–Crippen LogP) is 18.2. The fraction of sp³-hybridized carbons (Fsp3) is 0.0448. The minimum atomic E-state index is -0.140. The predicted molar refractivity (Wildman–Crippen MR) is 293 cm³/mol. The van der Waals surface area contributed by atoms with Gasteiger partial charge in [-0.1, -0.05) is 153 Å². The monoisotopic (exact) mass is 890 g/mol. The summed E-state index contributed by atoms with van der Waals surface area (Å²) in [6, 6.07) is 81.3. The lowest BCUT2D eigenvalue weighted by Crippen LogP contribution is -2.14. The van der Waals surface area contributed by atoms with Gasteiger partial charge in [-0.25, -0.2) is 0 Å². The molecule has 0 spiro atoms. The highest BCUT2D eigenvalue weighted by Gasteiger charge is 2.36. The largest absolute Gasteiger partial charge is 0.456 e. The quantitative estimate of drug-likeness (QED) is 0.173. The summed E-state index contributed by atoms with van der Waals surface area (Å²) < 4.78 is 11.4. The summed E-state index contributed by atoms with van der Waals surface area (Å²) in [7, 11) is 0. The third-order valence-electron chi connectivity index (χ3n) is 16.0. The summed E-state index contributed by atoms with van der Waals surface area (Å²) in [6.45, 7) is 4.77. The lowest BCUT2D eigenvalue weighted by molar-refractivity contribution is 0.661. The van der Waals surface area contributed by atoms with Crippen LogP contribution >= 0.6 is 0 Å². The fourth-order valence-electron chi connectivity index (χ4n) is 12.8. The molecule has 0 amide bonds. The first-order valence-electron chi connectivity index (χ1n) is 24.4. The molecule has 16 rings (SSSR count). The molecule has 3 heterocycles. The van der Waals surface area contributed by atoms with Crippen LogP contribution in [0.25, 0.3) is 143 Å². The minimum Gasteiger partial charge on any atom is -0.456 e. The number of rotatable bonds is 4. The number of hydrogen-bond acceptors (Lipinski definition) is 1. The highest BCUT2D eigenvalue weighted by molar-refractivity contribution is 6.20. The second-order valence-electron chi connectivity index (χ2n) is 20.0. The lowest BCUT2D eigenvalue weighted by Gasteiger charge is -2.21. The average Bonchev–Trinajstić information content (AvgIpc) is 4.18. The van der Waals surface area contributed by atoms with Crippen molar-refractivity contribution in [3.8, 4) is 67.0 Å². The molecule has 0 atom stereocenters. The topological polar surface area (TPSA) is 23.0 Å². The Balaban J connectivity index is 0.918. The minimum absolute atomic E-state index is 0.140. The summed E-state index contributed by atoms with van der Waals surface area (Å²) in [4.78, 5) is 0. The van der Waals surface area contributed by atoms with Gasteiger partial charge in [0.15, 0.2) is 0 Å². The van der Waals surface area contributed by atoms with Gasteiger partial charge in [0.25, 0.3) is 0 Å². The van der Waals surface area contributed by atoms with Gasteiger partial charge in [0, 0.05) is 55.2 Å². The van der Waals surface area contributed by atoms with E-state index in [2.05, 4.69) is 235 Å². The molecule has 11 aromatic carbocycles. The molecule has 14 aromatic rings. The second-order valence-corrected chi connectivity index (χ2v) is 20.0. The van der Waals surface area contributed by atoms with Gasteiger partial charge in [0.1, 0.15) is 11.2 Å². The van der Waals surface area contributed by atoms with E-state index in [4.69, 9.17) is 4.42 Å². The summed E-state index contributed by atoms with van der Waals surface area (Å²) in [5.41, 5.74) is 24.2. The van der Waals surface area contributed by atoms with Crippen LogP contribution in [0.5, 0.6) is 0 Å². The summed E-state index contributed by atoms with van der Waals surface area (Å²) in [6.07, 6.45) is 0. The Morgan fingerprint density at radius 2 is 0.886 bits per heavy atom. The molecular weight excluding hydrogens is 849 g/mol. The van der Waals surface area contributed by atoms with Gasteiger partial charge < -0.3 is 13.6 Å². The number of furan rings is 1. The van der Waals surface area contributed by atoms with E-state index in [1.807, 2.05) is 6.07 Å². The molecule has 0 fully saturated rings. The zero-order valence-corrected chi connectivity index (χ0v) is 38.6. The molecule has 0 bridgehead atoms. The maximum atomic E-state index is 6.46. The summed E-state index contributed by atoms with van der Waals surface area (Å²) in [5, 5.41) is 9.83. The van der Waals surface area contributed by atoms with E-state index < -0.39 is 0 Å². The SMILES string of the molecule is CC1(C)c2ccccc2-c2cc3c4cc(-c5ccc6c(c5)c5cc7c(cc5n6-c5ccccc5)oc5ccccc57)ccc4n(-c4cccc(-c5ccc6c7c(cccc57)-c5ccccc5-6)c4)c3cc21. The molecule has 2 aliphatic carbocycles. The van der Waals surface area contributed by atoms with Crippen LogP contribution in [-0.2, 0) is 5.41 Å². The average molecular weight is 891 g/mol. The van der Waals surface area contributed by atoms with Gasteiger partial charge in [0.05, 0.1) is 22.1 Å². The second kappa shape index (κ2) is 13.6. The molecule has 70 heavy (non-hydrogen) atoms. The first-order valence-corrected chi connectivity index (χ1v) is 24.4. The van der Waals surface area contributed by atoms with Crippen molar-refractivity contribution in [1.29, 1.82) is 0 Å². The Morgan fingerprint density at radius 3 is 1.69 bits per heavy atom. The number of para-hydroxylation sites is 2. The molecule has 326 valence electrons. The van der Waals surface area contributed by atoms with Crippen molar-refractivity contribution < 1.29 is 4.42 Å². The third kappa shape index (κ3) is 5.03. The smallest absolute Gasteiger partial charge is 0.137 e. The number of benzene rings is 11. The van der Waals surface area contributed by atoms with E-state index in [1.165, 1.54) is 116 Å².